The van der Waals surface area contributed by atoms with Gasteiger partial charge in [-0.05, 0) is 102 Å². The summed E-state index contributed by atoms with van der Waals surface area (Å²) in [6.45, 7) is 0. The molecule has 0 radical (unpaired) electrons. The lowest BCUT2D eigenvalue weighted by Gasteiger charge is -2.12. The summed E-state index contributed by atoms with van der Waals surface area (Å²) in [6, 6.07) is 60.2. The van der Waals surface area contributed by atoms with E-state index in [-0.39, 0.29) is 0 Å². The zero-order valence-corrected chi connectivity index (χ0v) is 24.5. The summed E-state index contributed by atoms with van der Waals surface area (Å²) in [4.78, 5) is 0. The van der Waals surface area contributed by atoms with Gasteiger partial charge in [0.05, 0.1) is 11.0 Å². The molecule has 0 bridgehead atoms. The molecule has 1 heterocycles. The first-order valence-electron chi connectivity index (χ1n) is 15.6. The average Bonchev–Trinajstić information content (AvgIpc) is 3.62. The fraction of sp³-hybridized carbons (Fsp3) is 0. The van der Waals surface area contributed by atoms with Gasteiger partial charge in [0.2, 0.25) is 0 Å². The van der Waals surface area contributed by atoms with E-state index in [9.17, 15) is 0 Å². The fourth-order valence-electron chi connectivity index (χ4n) is 7.74. The normalized spacial score (nSPS) is 12.0. The third-order valence-corrected chi connectivity index (χ3v) is 9.74. The molecule has 0 unspecified atom stereocenters. The lowest BCUT2D eigenvalue weighted by Crippen LogP contribution is -1.92. The molecule has 0 saturated carbocycles. The molecule has 1 nitrogen and oxygen atoms in total. The van der Waals surface area contributed by atoms with Crippen LogP contribution in [0, 0.1) is 0 Å². The Kier molecular flexibility index (Phi) is 5.06. The summed E-state index contributed by atoms with van der Waals surface area (Å²) in [5, 5.41) is 7.79. The number of hydrogen-bond donors (Lipinski definition) is 0. The first-order valence-corrected chi connectivity index (χ1v) is 15.6. The highest BCUT2D eigenvalue weighted by Crippen LogP contribution is 2.51. The van der Waals surface area contributed by atoms with Gasteiger partial charge in [0, 0.05) is 16.5 Å². The van der Waals surface area contributed by atoms with Crippen molar-refractivity contribution in [2.75, 3.05) is 0 Å². The SMILES string of the molecule is c1ccc(-n2c3ccccc3c3cc(-c4ccc5c(c4)-c4cccc6c(-c7cccc8ccccc78)ccc-5c46)ccc32)cc1. The highest BCUT2D eigenvalue weighted by Gasteiger charge is 2.24. The molecule has 1 heteroatoms. The van der Waals surface area contributed by atoms with E-state index in [0.29, 0.717) is 0 Å². The zero-order chi connectivity index (χ0) is 29.5. The molecule has 0 amide bonds. The Bertz CT molecular complexity index is 2630. The van der Waals surface area contributed by atoms with Crippen molar-refractivity contribution >= 4 is 43.4 Å². The molecule has 0 saturated heterocycles. The Morgan fingerprint density at radius 1 is 0.311 bits per heavy atom. The Morgan fingerprint density at radius 2 is 0.911 bits per heavy atom. The highest BCUT2D eigenvalue weighted by molar-refractivity contribution is 6.20. The van der Waals surface area contributed by atoms with Crippen molar-refractivity contribution in [1.29, 1.82) is 0 Å². The van der Waals surface area contributed by atoms with E-state index in [2.05, 4.69) is 168 Å². The van der Waals surface area contributed by atoms with Crippen molar-refractivity contribution in [3.05, 3.63) is 164 Å². The van der Waals surface area contributed by atoms with Crippen LogP contribution in [0.2, 0.25) is 0 Å². The fourth-order valence-corrected chi connectivity index (χ4v) is 7.74. The minimum atomic E-state index is 1.18. The van der Waals surface area contributed by atoms with Crippen molar-refractivity contribution in [2.24, 2.45) is 0 Å². The molecular formula is C44H27N. The van der Waals surface area contributed by atoms with E-state index in [0.717, 1.165) is 0 Å². The van der Waals surface area contributed by atoms with Gasteiger partial charge in [0.1, 0.15) is 0 Å². The highest BCUT2D eigenvalue weighted by atomic mass is 15.0. The van der Waals surface area contributed by atoms with E-state index >= 15 is 0 Å². The van der Waals surface area contributed by atoms with E-state index in [4.69, 9.17) is 0 Å². The Labute approximate surface area is 261 Å². The van der Waals surface area contributed by atoms with Crippen molar-refractivity contribution in [3.63, 3.8) is 0 Å². The third-order valence-electron chi connectivity index (χ3n) is 9.74. The van der Waals surface area contributed by atoms with Crippen LogP contribution in [0.4, 0.5) is 0 Å². The maximum atomic E-state index is 2.40. The number of fused-ring (bicyclic) bond motifs is 7. The van der Waals surface area contributed by atoms with Crippen LogP contribution in [0.15, 0.2) is 164 Å². The second-order valence-corrected chi connectivity index (χ2v) is 12.1. The van der Waals surface area contributed by atoms with Gasteiger partial charge in [-0.15, -0.1) is 0 Å². The number of para-hydroxylation sites is 2. The maximum absolute atomic E-state index is 2.40. The summed E-state index contributed by atoms with van der Waals surface area (Å²) in [7, 11) is 0. The second-order valence-electron chi connectivity index (χ2n) is 12.1. The van der Waals surface area contributed by atoms with Crippen LogP contribution in [-0.2, 0) is 0 Å². The van der Waals surface area contributed by atoms with Crippen LogP contribution in [0.3, 0.4) is 0 Å². The first kappa shape index (κ1) is 24.5. The van der Waals surface area contributed by atoms with Crippen molar-refractivity contribution < 1.29 is 0 Å². The monoisotopic (exact) mass is 569 g/mol. The lowest BCUT2D eigenvalue weighted by atomic mass is 9.91. The van der Waals surface area contributed by atoms with E-state index in [1.54, 1.807) is 0 Å². The first-order chi connectivity index (χ1) is 22.3. The molecule has 0 fully saturated rings. The average molecular weight is 570 g/mol. The lowest BCUT2D eigenvalue weighted by molar-refractivity contribution is 1.18. The molecule has 0 atom stereocenters. The number of aromatic nitrogens is 1. The Hall–Kier alpha value is -5.92. The summed E-state index contributed by atoms with van der Waals surface area (Å²) >= 11 is 0. The van der Waals surface area contributed by atoms with Gasteiger partial charge in [0.25, 0.3) is 0 Å². The molecule has 208 valence electrons. The smallest absolute Gasteiger partial charge is 0.0541 e. The van der Waals surface area contributed by atoms with Gasteiger partial charge in [-0.1, -0.05) is 127 Å². The van der Waals surface area contributed by atoms with Crippen LogP contribution in [-0.4, -0.2) is 4.57 Å². The van der Waals surface area contributed by atoms with Crippen molar-refractivity contribution in [3.8, 4) is 50.2 Å². The summed E-state index contributed by atoms with van der Waals surface area (Å²) in [5.74, 6) is 0. The number of nitrogens with zero attached hydrogens (tertiary/aromatic N) is 1. The molecule has 9 aromatic rings. The quantitative estimate of drug-likeness (QED) is 0.199. The number of hydrogen-bond acceptors (Lipinski definition) is 0. The van der Waals surface area contributed by atoms with Gasteiger partial charge < -0.3 is 4.57 Å². The third kappa shape index (κ3) is 3.50. The minimum absolute atomic E-state index is 1.18. The molecule has 1 aliphatic carbocycles. The van der Waals surface area contributed by atoms with E-state index in [1.165, 1.54) is 93.5 Å². The topological polar surface area (TPSA) is 4.93 Å². The van der Waals surface area contributed by atoms with Crippen LogP contribution in [0.1, 0.15) is 0 Å². The van der Waals surface area contributed by atoms with E-state index < -0.39 is 0 Å². The second kappa shape index (κ2) is 9.29. The van der Waals surface area contributed by atoms with Crippen LogP contribution in [0.5, 0.6) is 0 Å². The van der Waals surface area contributed by atoms with Crippen LogP contribution >= 0.6 is 0 Å². The summed E-state index contributed by atoms with van der Waals surface area (Å²) < 4.78 is 2.38. The predicted octanol–water partition coefficient (Wildman–Crippen LogP) is 12.1. The summed E-state index contributed by atoms with van der Waals surface area (Å²) in [5.41, 5.74) is 14.0. The zero-order valence-electron chi connectivity index (χ0n) is 24.5. The summed E-state index contributed by atoms with van der Waals surface area (Å²) in [6.07, 6.45) is 0. The molecule has 0 spiro atoms. The molecule has 45 heavy (non-hydrogen) atoms. The molecule has 0 N–H and O–H groups in total. The number of rotatable bonds is 3. The standard InChI is InChI=1S/C44H27N/c1-2-12-31(13-3-1)45-42-19-7-6-15-36(42)41-27-30(21-25-43(41)45)29-20-22-35-39-24-23-34(33-16-8-11-28-10-4-5-14-32(28)33)37-17-9-18-38(44(37)39)40(35)26-29/h1-27H. The Morgan fingerprint density at radius 3 is 1.84 bits per heavy atom. The van der Waals surface area contributed by atoms with Gasteiger partial charge in [-0.2, -0.15) is 0 Å². The molecular weight excluding hydrogens is 542 g/mol. The maximum Gasteiger partial charge on any atom is 0.0541 e. The molecule has 0 aliphatic heterocycles. The molecule has 1 aromatic heterocycles. The van der Waals surface area contributed by atoms with Crippen molar-refractivity contribution in [2.45, 2.75) is 0 Å². The van der Waals surface area contributed by atoms with Gasteiger partial charge >= 0.3 is 0 Å². The van der Waals surface area contributed by atoms with Gasteiger partial charge in [0.15, 0.2) is 0 Å². The minimum Gasteiger partial charge on any atom is -0.309 e. The molecule has 10 rings (SSSR count). The Balaban J connectivity index is 1.14. The largest absolute Gasteiger partial charge is 0.309 e. The molecule has 8 aromatic carbocycles. The van der Waals surface area contributed by atoms with Crippen LogP contribution in [0.25, 0.3) is 93.5 Å². The van der Waals surface area contributed by atoms with Gasteiger partial charge in [-0.25, -0.2) is 0 Å². The number of benzene rings is 8. The van der Waals surface area contributed by atoms with E-state index in [1.807, 2.05) is 0 Å². The van der Waals surface area contributed by atoms with Crippen LogP contribution < -0.4 is 0 Å². The van der Waals surface area contributed by atoms with Crippen molar-refractivity contribution in [1.82, 2.24) is 4.57 Å². The molecule has 1 aliphatic rings. The van der Waals surface area contributed by atoms with Gasteiger partial charge in [-0.3, -0.25) is 0 Å². The predicted molar refractivity (Wildman–Crippen MR) is 191 cm³/mol.